The number of anilines is 2. The molecule has 0 atom stereocenters. The van der Waals surface area contributed by atoms with E-state index in [9.17, 15) is 0 Å². The lowest BCUT2D eigenvalue weighted by atomic mass is 10.1. The van der Waals surface area contributed by atoms with E-state index >= 15 is 0 Å². The normalized spacial score (nSPS) is 12.9. The molecule has 3 rings (SSSR count). The van der Waals surface area contributed by atoms with Crippen LogP contribution in [0.3, 0.4) is 0 Å². The van der Waals surface area contributed by atoms with E-state index in [1.54, 1.807) is 0 Å². The van der Waals surface area contributed by atoms with Gasteiger partial charge in [0.25, 0.3) is 0 Å². The molecule has 2 aromatic carbocycles. The van der Waals surface area contributed by atoms with Gasteiger partial charge >= 0.3 is 0 Å². The minimum Gasteiger partial charge on any atom is -0.384 e. The van der Waals surface area contributed by atoms with Crippen molar-refractivity contribution in [1.29, 1.82) is 0 Å². The van der Waals surface area contributed by atoms with E-state index in [0.717, 1.165) is 19.5 Å². The average Bonchev–Trinajstić information content (AvgIpc) is 2.88. The highest BCUT2D eigenvalue weighted by Crippen LogP contribution is 2.28. The molecule has 0 saturated carbocycles. The SMILES string of the molecule is Cc1cccc(N(C)Cc2cccc3c2NCC3)c1. The van der Waals surface area contributed by atoms with Gasteiger partial charge in [-0.15, -0.1) is 0 Å². The van der Waals surface area contributed by atoms with Crippen molar-refractivity contribution in [2.75, 3.05) is 23.8 Å². The van der Waals surface area contributed by atoms with Crippen LogP contribution in [-0.4, -0.2) is 13.6 Å². The third-order valence-corrected chi connectivity index (χ3v) is 3.78. The Morgan fingerprint density at radius 2 is 2.00 bits per heavy atom. The summed E-state index contributed by atoms with van der Waals surface area (Å²) < 4.78 is 0. The predicted octanol–water partition coefficient (Wildman–Crippen LogP) is 3.60. The molecule has 0 spiro atoms. The number of para-hydroxylation sites is 1. The first-order valence-corrected chi connectivity index (χ1v) is 6.86. The average molecular weight is 252 g/mol. The van der Waals surface area contributed by atoms with Gasteiger partial charge < -0.3 is 10.2 Å². The zero-order valence-electron chi connectivity index (χ0n) is 11.6. The minimum absolute atomic E-state index is 0.944. The lowest BCUT2D eigenvalue weighted by molar-refractivity contribution is 0.923. The maximum absolute atomic E-state index is 3.51. The van der Waals surface area contributed by atoms with Crippen molar-refractivity contribution in [2.45, 2.75) is 19.9 Å². The molecule has 0 aromatic heterocycles. The second-order valence-corrected chi connectivity index (χ2v) is 5.32. The molecule has 0 aliphatic carbocycles. The van der Waals surface area contributed by atoms with E-state index in [2.05, 4.69) is 66.7 Å². The van der Waals surface area contributed by atoms with E-state index in [1.807, 2.05) is 0 Å². The van der Waals surface area contributed by atoms with E-state index in [0.29, 0.717) is 0 Å². The van der Waals surface area contributed by atoms with Crippen LogP contribution in [0.5, 0.6) is 0 Å². The predicted molar refractivity (Wildman–Crippen MR) is 81.9 cm³/mol. The van der Waals surface area contributed by atoms with E-state index < -0.39 is 0 Å². The number of rotatable bonds is 3. The Labute approximate surface area is 115 Å². The van der Waals surface area contributed by atoms with E-state index in [1.165, 1.54) is 28.1 Å². The number of fused-ring (bicyclic) bond motifs is 1. The summed E-state index contributed by atoms with van der Waals surface area (Å²) in [6.45, 7) is 4.15. The van der Waals surface area contributed by atoms with Gasteiger partial charge in [-0.2, -0.15) is 0 Å². The Kier molecular flexibility index (Phi) is 3.16. The van der Waals surface area contributed by atoms with Crippen molar-refractivity contribution in [3.8, 4) is 0 Å². The molecule has 1 heterocycles. The standard InChI is InChI=1S/C17H20N2/c1-13-5-3-8-16(11-13)19(2)12-15-7-4-6-14-9-10-18-17(14)15/h3-8,11,18H,9-10,12H2,1-2H3. The molecule has 0 amide bonds. The number of hydrogen-bond acceptors (Lipinski definition) is 2. The van der Waals surface area contributed by atoms with Gasteiger partial charge in [0.05, 0.1) is 0 Å². The Morgan fingerprint density at radius 1 is 1.16 bits per heavy atom. The van der Waals surface area contributed by atoms with Gasteiger partial charge in [0.15, 0.2) is 0 Å². The summed E-state index contributed by atoms with van der Waals surface area (Å²) in [5.74, 6) is 0. The van der Waals surface area contributed by atoms with Crippen molar-refractivity contribution in [3.63, 3.8) is 0 Å². The zero-order chi connectivity index (χ0) is 13.2. The molecular formula is C17H20N2. The number of hydrogen-bond donors (Lipinski definition) is 1. The molecule has 0 unspecified atom stereocenters. The minimum atomic E-state index is 0.944. The van der Waals surface area contributed by atoms with Crippen LogP contribution >= 0.6 is 0 Å². The van der Waals surface area contributed by atoms with Gasteiger partial charge in [-0.3, -0.25) is 0 Å². The summed E-state index contributed by atoms with van der Waals surface area (Å²) in [4.78, 5) is 2.31. The first-order valence-electron chi connectivity index (χ1n) is 6.86. The Hall–Kier alpha value is -1.96. The van der Waals surface area contributed by atoms with Gasteiger partial charge in [-0.1, -0.05) is 30.3 Å². The fourth-order valence-electron chi connectivity index (χ4n) is 2.75. The van der Waals surface area contributed by atoms with Crippen molar-refractivity contribution < 1.29 is 0 Å². The fraction of sp³-hybridized carbons (Fsp3) is 0.294. The summed E-state index contributed by atoms with van der Waals surface area (Å²) in [6.07, 6.45) is 1.15. The van der Waals surface area contributed by atoms with Gasteiger partial charge in [0.2, 0.25) is 0 Å². The van der Waals surface area contributed by atoms with Crippen LogP contribution in [-0.2, 0) is 13.0 Å². The number of aryl methyl sites for hydroxylation is 1. The molecule has 98 valence electrons. The maximum atomic E-state index is 3.51. The van der Waals surface area contributed by atoms with Crippen LogP contribution in [0, 0.1) is 6.92 Å². The zero-order valence-corrected chi connectivity index (χ0v) is 11.6. The van der Waals surface area contributed by atoms with Gasteiger partial charge in [-0.05, 0) is 42.2 Å². The van der Waals surface area contributed by atoms with Crippen LogP contribution in [0.1, 0.15) is 16.7 Å². The van der Waals surface area contributed by atoms with Gasteiger partial charge in [0, 0.05) is 31.5 Å². The lowest BCUT2D eigenvalue weighted by Crippen LogP contribution is -2.17. The monoisotopic (exact) mass is 252 g/mol. The van der Waals surface area contributed by atoms with Crippen LogP contribution in [0.2, 0.25) is 0 Å². The molecule has 0 fully saturated rings. The van der Waals surface area contributed by atoms with Gasteiger partial charge in [-0.25, -0.2) is 0 Å². The highest BCUT2D eigenvalue weighted by Gasteiger charge is 2.14. The maximum Gasteiger partial charge on any atom is 0.0446 e. The largest absolute Gasteiger partial charge is 0.384 e. The smallest absolute Gasteiger partial charge is 0.0446 e. The third-order valence-electron chi connectivity index (χ3n) is 3.78. The lowest BCUT2D eigenvalue weighted by Gasteiger charge is -2.21. The topological polar surface area (TPSA) is 15.3 Å². The molecule has 1 N–H and O–H groups in total. The summed E-state index contributed by atoms with van der Waals surface area (Å²) in [5, 5.41) is 3.51. The quantitative estimate of drug-likeness (QED) is 0.898. The van der Waals surface area contributed by atoms with Crippen molar-refractivity contribution in [3.05, 3.63) is 59.2 Å². The third kappa shape index (κ3) is 2.43. The Balaban J connectivity index is 1.84. The van der Waals surface area contributed by atoms with Crippen molar-refractivity contribution >= 4 is 11.4 Å². The molecule has 2 heteroatoms. The number of nitrogens with zero attached hydrogens (tertiary/aromatic N) is 1. The summed E-state index contributed by atoms with van der Waals surface area (Å²) in [6, 6.07) is 15.3. The summed E-state index contributed by atoms with van der Waals surface area (Å²) in [5.41, 5.74) is 6.77. The van der Waals surface area contributed by atoms with Crippen LogP contribution in [0.25, 0.3) is 0 Å². The van der Waals surface area contributed by atoms with Gasteiger partial charge in [0.1, 0.15) is 0 Å². The highest BCUT2D eigenvalue weighted by atomic mass is 15.1. The molecule has 0 radical (unpaired) electrons. The first kappa shape index (κ1) is 12.1. The molecular weight excluding hydrogens is 232 g/mol. The number of nitrogens with one attached hydrogen (secondary N) is 1. The molecule has 0 saturated heterocycles. The highest BCUT2D eigenvalue weighted by molar-refractivity contribution is 5.62. The summed E-state index contributed by atoms with van der Waals surface area (Å²) >= 11 is 0. The number of benzene rings is 2. The van der Waals surface area contributed by atoms with Crippen LogP contribution < -0.4 is 10.2 Å². The van der Waals surface area contributed by atoms with Crippen molar-refractivity contribution in [1.82, 2.24) is 0 Å². The van der Waals surface area contributed by atoms with Crippen LogP contribution in [0.15, 0.2) is 42.5 Å². The van der Waals surface area contributed by atoms with E-state index in [-0.39, 0.29) is 0 Å². The molecule has 19 heavy (non-hydrogen) atoms. The summed E-state index contributed by atoms with van der Waals surface area (Å²) in [7, 11) is 2.16. The molecule has 1 aliphatic heterocycles. The fourth-order valence-corrected chi connectivity index (χ4v) is 2.75. The van der Waals surface area contributed by atoms with Crippen molar-refractivity contribution in [2.24, 2.45) is 0 Å². The Bertz CT molecular complexity index is 590. The first-order chi connectivity index (χ1) is 9.24. The Morgan fingerprint density at radius 3 is 2.84 bits per heavy atom. The molecule has 1 aliphatic rings. The molecule has 2 nitrogen and oxygen atoms in total. The molecule has 0 bridgehead atoms. The van der Waals surface area contributed by atoms with E-state index in [4.69, 9.17) is 0 Å². The molecule has 2 aromatic rings. The second-order valence-electron chi connectivity index (χ2n) is 5.32. The van der Waals surface area contributed by atoms with Crippen LogP contribution in [0.4, 0.5) is 11.4 Å². The second kappa shape index (κ2) is 4.96.